The number of Topliss-reactive ketones (excluding diaryl/α,β-unsaturated/α-hetero) is 1. The number of ketones is 1. The van der Waals surface area contributed by atoms with Crippen molar-refractivity contribution in [3.63, 3.8) is 0 Å². The number of carbonyl (C=O) groups is 2. The van der Waals surface area contributed by atoms with Crippen LogP contribution in [-0.4, -0.2) is 43.1 Å². The van der Waals surface area contributed by atoms with E-state index in [1.807, 2.05) is 0 Å². The van der Waals surface area contributed by atoms with Gasteiger partial charge in [0.15, 0.2) is 5.76 Å². The van der Waals surface area contributed by atoms with Gasteiger partial charge in [0.25, 0.3) is 0 Å². The van der Waals surface area contributed by atoms with Gasteiger partial charge in [-0.2, -0.15) is 0 Å². The molecule has 0 atom stereocenters. The van der Waals surface area contributed by atoms with E-state index in [9.17, 15) is 14.0 Å². The molecule has 4 rings (SSSR count). The van der Waals surface area contributed by atoms with Crippen LogP contribution in [0.5, 0.6) is 11.5 Å². The second-order valence-electron chi connectivity index (χ2n) is 6.09. The van der Waals surface area contributed by atoms with Gasteiger partial charge in [-0.05, 0) is 24.3 Å². The summed E-state index contributed by atoms with van der Waals surface area (Å²) in [7, 11) is 0. The number of halogens is 1. The Morgan fingerprint density at radius 2 is 1.93 bits per heavy atom. The summed E-state index contributed by atoms with van der Waals surface area (Å²) in [6.07, 6.45) is 0.876. The van der Waals surface area contributed by atoms with Gasteiger partial charge in [0.2, 0.25) is 5.78 Å². The van der Waals surface area contributed by atoms with Crippen LogP contribution in [-0.2, 0) is 4.74 Å². The molecule has 0 aromatic heterocycles. The lowest BCUT2D eigenvalue weighted by atomic mass is 10.1. The molecule has 6 nitrogen and oxygen atoms in total. The monoisotopic (exact) mass is 369 g/mol. The van der Waals surface area contributed by atoms with Gasteiger partial charge in [-0.3, -0.25) is 4.79 Å². The van der Waals surface area contributed by atoms with Crippen molar-refractivity contribution in [2.75, 3.05) is 26.3 Å². The van der Waals surface area contributed by atoms with Crippen LogP contribution >= 0.6 is 0 Å². The van der Waals surface area contributed by atoms with Crippen molar-refractivity contribution in [2.45, 2.75) is 0 Å². The topological polar surface area (TPSA) is 65.1 Å². The van der Waals surface area contributed by atoms with Crippen LogP contribution in [0.15, 0.2) is 48.2 Å². The number of amides is 1. The highest BCUT2D eigenvalue weighted by atomic mass is 19.1. The molecule has 0 saturated carbocycles. The van der Waals surface area contributed by atoms with Gasteiger partial charge in [-0.1, -0.05) is 18.2 Å². The summed E-state index contributed by atoms with van der Waals surface area (Å²) in [6.45, 7) is 1.88. The molecule has 1 saturated heterocycles. The van der Waals surface area contributed by atoms with Crippen LogP contribution in [0.2, 0.25) is 0 Å². The van der Waals surface area contributed by atoms with Gasteiger partial charge in [0, 0.05) is 24.7 Å². The predicted molar refractivity (Wildman–Crippen MR) is 94.2 cm³/mol. The van der Waals surface area contributed by atoms with E-state index in [0.717, 1.165) is 0 Å². The van der Waals surface area contributed by atoms with Crippen LogP contribution in [0.1, 0.15) is 15.9 Å². The minimum Gasteiger partial charge on any atom is -0.452 e. The highest BCUT2D eigenvalue weighted by molar-refractivity contribution is 6.14. The van der Waals surface area contributed by atoms with Crippen molar-refractivity contribution in [3.8, 4) is 11.5 Å². The molecule has 1 fully saturated rings. The molecule has 2 aliphatic heterocycles. The smallest absolute Gasteiger partial charge is 0.415 e. The Morgan fingerprint density at radius 3 is 2.70 bits per heavy atom. The fourth-order valence-electron chi connectivity index (χ4n) is 2.88. The van der Waals surface area contributed by atoms with Crippen molar-refractivity contribution >= 4 is 18.0 Å². The molecule has 2 aromatic carbocycles. The zero-order chi connectivity index (χ0) is 18.8. The normalized spacial score (nSPS) is 17.6. The van der Waals surface area contributed by atoms with Gasteiger partial charge in [-0.25, -0.2) is 9.18 Å². The van der Waals surface area contributed by atoms with Crippen molar-refractivity contribution in [2.24, 2.45) is 0 Å². The average Bonchev–Trinajstić information content (AvgIpc) is 2.99. The largest absolute Gasteiger partial charge is 0.452 e. The van der Waals surface area contributed by atoms with Crippen molar-refractivity contribution in [3.05, 3.63) is 65.2 Å². The number of rotatable bonds is 2. The molecule has 0 spiro atoms. The van der Waals surface area contributed by atoms with Crippen LogP contribution < -0.4 is 9.47 Å². The molecule has 2 aliphatic rings. The zero-order valence-corrected chi connectivity index (χ0v) is 14.3. The zero-order valence-electron chi connectivity index (χ0n) is 14.3. The third-order valence-corrected chi connectivity index (χ3v) is 4.31. The summed E-state index contributed by atoms with van der Waals surface area (Å²) in [6, 6.07) is 10.6. The number of carbonyl (C=O) groups excluding carboxylic acids is 2. The highest BCUT2D eigenvalue weighted by Crippen LogP contribution is 2.35. The Bertz CT molecular complexity index is 934. The number of ether oxygens (including phenoxy) is 3. The molecule has 0 radical (unpaired) electrons. The molecule has 7 heteroatoms. The minimum atomic E-state index is -0.482. The Balaban J connectivity index is 1.52. The lowest BCUT2D eigenvalue weighted by molar-refractivity contribution is 0.0416. The van der Waals surface area contributed by atoms with E-state index in [-0.39, 0.29) is 28.6 Å². The number of nitrogens with zero attached hydrogens (tertiary/aromatic N) is 1. The summed E-state index contributed by atoms with van der Waals surface area (Å²) in [5.74, 6) is -0.233. The fraction of sp³-hybridized carbons (Fsp3) is 0.200. The summed E-state index contributed by atoms with van der Waals surface area (Å²) in [4.78, 5) is 26.2. The van der Waals surface area contributed by atoms with Gasteiger partial charge in [0.05, 0.1) is 18.8 Å². The highest BCUT2D eigenvalue weighted by Gasteiger charge is 2.28. The number of benzene rings is 2. The van der Waals surface area contributed by atoms with Crippen molar-refractivity contribution < 1.29 is 28.2 Å². The van der Waals surface area contributed by atoms with Crippen LogP contribution in [0.3, 0.4) is 0 Å². The Morgan fingerprint density at radius 1 is 1.15 bits per heavy atom. The summed E-state index contributed by atoms with van der Waals surface area (Å²) in [5.41, 5.74) is 0.594. The maximum absolute atomic E-state index is 13.8. The third-order valence-electron chi connectivity index (χ3n) is 4.31. The Kier molecular flexibility index (Phi) is 4.60. The third kappa shape index (κ3) is 3.54. The Labute approximate surface area is 154 Å². The van der Waals surface area contributed by atoms with Crippen LogP contribution in [0.25, 0.3) is 6.08 Å². The van der Waals surface area contributed by atoms with Gasteiger partial charge < -0.3 is 19.1 Å². The van der Waals surface area contributed by atoms with E-state index in [1.54, 1.807) is 23.1 Å². The first-order valence-corrected chi connectivity index (χ1v) is 8.49. The van der Waals surface area contributed by atoms with E-state index >= 15 is 0 Å². The van der Waals surface area contributed by atoms with E-state index in [1.165, 1.54) is 30.3 Å². The molecule has 0 unspecified atom stereocenters. The fourth-order valence-corrected chi connectivity index (χ4v) is 2.88. The lowest BCUT2D eigenvalue weighted by Crippen LogP contribution is -2.42. The van der Waals surface area contributed by atoms with Gasteiger partial charge in [-0.15, -0.1) is 0 Å². The van der Waals surface area contributed by atoms with Gasteiger partial charge >= 0.3 is 6.09 Å². The summed E-state index contributed by atoms with van der Waals surface area (Å²) >= 11 is 0. The number of morpholine rings is 1. The van der Waals surface area contributed by atoms with E-state index in [2.05, 4.69) is 0 Å². The first-order valence-electron chi connectivity index (χ1n) is 8.49. The van der Waals surface area contributed by atoms with E-state index < -0.39 is 11.9 Å². The maximum atomic E-state index is 13.8. The standard InChI is InChI=1S/C20H16FNO5/c21-16-4-2-1-3-13(16)11-18-19(23)15-6-5-14(12-17(15)27-18)26-20(24)22-7-9-25-10-8-22/h1-6,11-12H,7-10H2. The average molecular weight is 369 g/mol. The minimum absolute atomic E-state index is 0.0201. The van der Waals surface area contributed by atoms with Crippen molar-refractivity contribution in [1.82, 2.24) is 4.90 Å². The molecule has 0 N–H and O–H groups in total. The molecule has 1 amide bonds. The molecule has 0 aliphatic carbocycles. The van der Waals surface area contributed by atoms with Crippen molar-refractivity contribution in [1.29, 1.82) is 0 Å². The van der Waals surface area contributed by atoms with E-state index in [0.29, 0.717) is 31.9 Å². The SMILES string of the molecule is O=C1C(=Cc2ccccc2F)Oc2cc(OC(=O)N3CCOCC3)ccc21. The molecular weight excluding hydrogens is 353 g/mol. The first-order chi connectivity index (χ1) is 13.1. The second kappa shape index (κ2) is 7.20. The van der Waals surface area contributed by atoms with Crippen LogP contribution in [0.4, 0.5) is 9.18 Å². The second-order valence-corrected chi connectivity index (χ2v) is 6.09. The first kappa shape index (κ1) is 17.2. The number of fused-ring (bicyclic) bond motifs is 1. The number of hydrogen-bond acceptors (Lipinski definition) is 5. The molecule has 27 heavy (non-hydrogen) atoms. The summed E-state index contributed by atoms with van der Waals surface area (Å²) in [5, 5.41) is 0. The van der Waals surface area contributed by atoms with Gasteiger partial charge in [0.1, 0.15) is 17.3 Å². The lowest BCUT2D eigenvalue weighted by Gasteiger charge is -2.25. The molecule has 2 heterocycles. The predicted octanol–water partition coefficient (Wildman–Crippen LogP) is 3.27. The van der Waals surface area contributed by atoms with Crippen LogP contribution in [0, 0.1) is 5.82 Å². The molecule has 138 valence electrons. The number of hydrogen-bond donors (Lipinski definition) is 0. The number of allylic oxidation sites excluding steroid dienone is 1. The molecule has 2 aromatic rings. The maximum Gasteiger partial charge on any atom is 0.415 e. The van der Waals surface area contributed by atoms with E-state index in [4.69, 9.17) is 14.2 Å². The molecule has 0 bridgehead atoms. The Hall–Kier alpha value is -3.19. The molecular formula is C20H16FNO5. The summed E-state index contributed by atoms with van der Waals surface area (Å²) < 4.78 is 29.9. The quantitative estimate of drug-likeness (QED) is 0.760.